The summed E-state index contributed by atoms with van der Waals surface area (Å²) in [5.41, 5.74) is 0.244. The Labute approximate surface area is 102 Å². The molecule has 2 N–H and O–H groups in total. The first-order chi connectivity index (χ1) is 8.59. The van der Waals surface area contributed by atoms with Crippen LogP contribution >= 0.6 is 0 Å². The summed E-state index contributed by atoms with van der Waals surface area (Å²) in [6, 6.07) is 7.48. The standard InChI is InChI=1S/C12H8N2O4/c15-11(16)9-5-1-4-8(14-9)7-3-2-6-13-10(7)12(17)18/h1-6H,(H,15,16)(H,17,18). The fraction of sp³-hybridized carbons (Fsp3) is 0. The van der Waals surface area contributed by atoms with Crippen LogP contribution in [0.4, 0.5) is 0 Å². The van der Waals surface area contributed by atoms with Crippen LogP contribution in [-0.4, -0.2) is 32.1 Å². The van der Waals surface area contributed by atoms with Crippen molar-refractivity contribution in [3.05, 3.63) is 47.9 Å². The van der Waals surface area contributed by atoms with Crippen molar-refractivity contribution >= 4 is 11.9 Å². The molecule has 90 valence electrons. The maximum Gasteiger partial charge on any atom is 0.355 e. The van der Waals surface area contributed by atoms with Crippen LogP contribution < -0.4 is 0 Å². The third-order valence-corrected chi connectivity index (χ3v) is 2.25. The number of nitrogens with zero attached hydrogens (tertiary/aromatic N) is 2. The molecule has 0 radical (unpaired) electrons. The summed E-state index contributed by atoms with van der Waals surface area (Å²) in [4.78, 5) is 29.4. The molecular formula is C12H8N2O4. The van der Waals surface area contributed by atoms with Crippen LogP contribution in [0, 0.1) is 0 Å². The van der Waals surface area contributed by atoms with Gasteiger partial charge in [-0.05, 0) is 24.3 Å². The Morgan fingerprint density at radius 2 is 1.78 bits per heavy atom. The van der Waals surface area contributed by atoms with Crippen molar-refractivity contribution in [2.24, 2.45) is 0 Å². The molecule has 0 saturated heterocycles. The van der Waals surface area contributed by atoms with Crippen molar-refractivity contribution < 1.29 is 19.8 Å². The second-order valence-electron chi connectivity index (χ2n) is 3.42. The number of pyridine rings is 2. The number of rotatable bonds is 3. The van der Waals surface area contributed by atoms with E-state index in [9.17, 15) is 9.59 Å². The van der Waals surface area contributed by atoms with Crippen molar-refractivity contribution in [1.29, 1.82) is 0 Å². The van der Waals surface area contributed by atoms with Gasteiger partial charge in [-0.1, -0.05) is 6.07 Å². The van der Waals surface area contributed by atoms with Gasteiger partial charge in [0, 0.05) is 11.8 Å². The van der Waals surface area contributed by atoms with Crippen molar-refractivity contribution in [2.75, 3.05) is 0 Å². The Balaban J connectivity index is 2.58. The monoisotopic (exact) mass is 244 g/mol. The molecule has 2 aromatic heterocycles. The Kier molecular flexibility index (Phi) is 3.01. The highest BCUT2D eigenvalue weighted by atomic mass is 16.4. The lowest BCUT2D eigenvalue weighted by Crippen LogP contribution is -2.05. The topological polar surface area (TPSA) is 100 Å². The Morgan fingerprint density at radius 3 is 2.44 bits per heavy atom. The lowest BCUT2D eigenvalue weighted by molar-refractivity contribution is 0.0681. The number of aromatic nitrogens is 2. The lowest BCUT2D eigenvalue weighted by Gasteiger charge is -2.04. The van der Waals surface area contributed by atoms with Crippen LogP contribution in [0.15, 0.2) is 36.5 Å². The molecule has 0 aliphatic rings. The maximum atomic E-state index is 11.0. The van der Waals surface area contributed by atoms with Gasteiger partial charge in [-0.15, -0.1) is 0 Å². The molecule has 2 rings (SSSR count). The summed E-state index contributed by atoms with van der Waals surface area (Å²) in [5.74, 6) is -2.36. The minimum Gasteiger partial charge on any atom is -0.477 e. The molecule has 0 aliphatic heterocycles. The fourth-order valence-corrected chi connectivity index (χ4v) is 1.49. The van der Waals surface area contributed by atoms with E-state index in [1.807, 2.05) is 0 Å². The van der Waals surface area contributed by atoms with Crippen LogP contribution in [-0.2, 0) is 0 Å². The fourth-order valence-electron chi connectivity index (χ4n) is 1.49. The zero-order valence-electron chi connectivity index (χ0n) is 9.07. The van der Waals surface area contributed by atoms with E-state index in [4.69, 9.17) is 10.2 Å². The molecule has 0 fully saturated rings. The smallest absolute Gasteiger partial charge is 0.355 e. The molecule has 0 aromatic carbocycles. The molecule has 0 bridgehead atoms. The van der Waals surface area contributed by atoms with Crippen molar-refractivity contribution in [1.82, 2.24) is 9.97 Å². The summed E-state index contributed by atoms with van der Waals surface area (Å²) < 4.78 is 0. The molecule has 18 heavy (non-hydrogen) atoms. The lowest BCUT2D eigenvalue weighted by atomic mass is 10.1. The van der Waals surface area contributed by atoms with E-state index in [1.165, 1.54) is 30.5 Å². The first kappa shape index (κ1) is 11.7. The summed E-state index contributed by atoms with van der Waals surface area (Å²) >= 11 is 0. The third kappa shape index (κ3) is 2.17. The highest BCUT2D eigenvalue weighted by molar-refractivity contribution is 5.93. The number of hydrogen-bond acceptors (Lipinski definition) is 4. The number of carboxylic acid groups (broad SMARTS) is 2. The Bertz CT molecular complexity index is 625. The van der Waals surface area contributed by atoms with Crippen molar-refractivity contribution in [3.63, 3.8) is 0 Å². The molecular weight excluding hydrogens is 236 g/mol. The summed E-state index contributed by atoms with van der Waals surface area (Å²) in [6.07, 6.45) is 1.36. The van der Waals surface area contributed by atoms with Gasteiger partial charge in [-0.25, -0.2) is 19.6 Å². The second kappa shape index (κ2) is 4.62. The SMILES string of the molecule is O=C(O)c1cccc(-c2cccnc2C(=O)O)n1. The molecule has 0 atom stereocenters. The minimum atomic E-state index is -1.19. The largest absolute Gasteiger partial charge is 0.477 e. The Morgan fingerprint density at radius 1 is 1.00 bits per heavy atom. The number of carboxylic acids is 2. The maximum absolute atomic E-state index is 11.0. The average molecular weight is 244 g/mol. The first-order valence-electron chi connectivity index (χ1n) is 4.98. The van der Waals surface area contributed by atoms with E-state index in [0.717, 1.165) is 0 Å². The predicted molar refractivity (Wildman–Crippen MR) is 61.4 cm³/mol. The van der Waals surface area contributed by atoms with Gasteiger partial charge in [0.05, 0.1) is 5.69 Å². The van der Waals surface area contributed by atoms with E-state index >= 15 is 0 Å². The van der Waals surface area contributed by atoms with Crippen LogP contribution in [0.2, 0.25) is 0 Å². The zero-order valence-corrected chi connectivity index (χ0v) is 9.07. The predicted octanol–water partition coefficient (Wildman–Crippen LogP) is 1.54. The van der Waals surface area contributed by atoms with Crippen molar-refractivity contribution in [3.8, 4) is 11.3 Å². The molecule has 0 aliphatic carbocycles. The van der Waals surface area contributed by atoms with E-state index in [0.29, 0.717) is 0 Å². The van der Waals surface area contributed by atoms with Gasteiger partial charge >= 0.3 is 11.9 Å². The molecule has 2 heterocycles. The van der Waals surface area contributed by atoms with Gasteiger partial charge in [0.25, 0.3) is 0 Å². The van der Waals surface area contributed by atoms with Gasteiger partial charge < -0.3 is 10.2 Å². The number of carbonyl (C=O) groups is 2. The molecule has 0 amide bonds. The first-order valence-corrected chi connectivity index (χ1v) is 4.98. The van der Waals surface area contributed by atoms with Crippen LogP contribution in [0.3, 0.4) is 0 Å². The van der Waals surface area contributed by atoms with Crippen molar-refractivity contribution in [2.45, 2.75) is 0 Å². The number of aromatic carboxylic acids is 2. The highest BCUT2D eigenvalue weighted by Crippen LogP contribution is 2.20. The molecule has 2 aromatic rings. The van der Waals surface area contributed by atoms with Crippen LogP contribution in [0.5, 0.6) is 0 Å². The molecule has 6 nitrogen and oxygen atoms in total. The second-order valence-corrected chi connectivity index (χ2v) is 3.42. The normalized spacial score (nSPS) is 10.0. The van der Waals surface area contributed by atoms with Gasteiger partial charge in [0.2, 0.25) is 0 Å². The molecule has 6 heteroatoms. The average Bonchev–Trinajstić information content (AvgIpc) is 2.39. The summed E-state index contributed by atoms with van der Waals surface area (Å²) in [5, 5.41) is 17.8. The summed E-state index contributed by atoms with van der Waals surface area (Å²) in [6.45, 7) is 0. The highest BCUT2D eigenvalue weighted by Gasteiger charge is 2.14. The van der Waals surface area contributed by atoms with E-state index in [2.05, 4.69) is 9.97 Å². The van der Waals surface area contributed by atoms with E-state index in [1.54, 1.807) is 6.07 Å². The molecule has 0 saturated carbocycles. The summed E-state index contributed by atoms with van der Waals surface area (Å²) in [7, 11) is 0. The van der Waals surface area contributed by atoms with Gasteiger partial charge in [-0.3, -0.25) is 0 Å². The number of hydrogen-bond donors (Lipinski definition) is 2. The molecule has 0 spiro atoms. The van der Waals surface area contributed by atoms with Crippen LogP contribution in [0.25, 0.3) is 11.3 Å². The van der Waals surface area contributed by atoms with E-state index in [-0.39, 0.29) is 22.6 Å². The van der Waals surface area contributed by atoms with Crippen LogP contribution in [0.1, 0.15) is 21.0 Å². The minimum absolute atomic E-state index is 0.146. The Hall–Kier alpha value is -2.76. The quantitative estimate of drug-likeness (QED) is 0.849. The van der Waals surface area contributed by atoms with Gasteiger partial charge in [0.1, 0.15) is 5.69 Å². The molecule has 0 unspecified atom stereocenters. The van der Waals surface area contributed by atoms with E-state index < -0.39 is 11.9 Å². The third-order valence-electron chi connectivity index (χ3n) is 2.25. The van der Waals surface area contributed by atoms with Gasteiger partial charge in [0.15, 0.2) is 5.69 Å². The zero-order chi connectivity index (χ0) is 13.1. The van der Waals surface area contributed by atoms with Gasteiger partial charge in [-0.2, -0.15) is 0 Å².